The highest BCUT2D eigenvalue weighted by Gasteiger charge is 2.53. The summed E-state index contributed by atoms with van der Waals surface area (Å²) in [6.45, 7) is 1.91. The monoisotopic (exact) mass is 249 g/mol. The number of carbonyl (C=O) groups is 1. The van der Waals surface area contributed by atoms with Crippen molar-refractivity contribution < 1.29 is 9.90 Å². The summed E-state index contributed by atoms with van der Waals surface area (Å²) in [6, 6.07) is 5.60. The maximum absolute atomic E-state index is 11.4. The number of aliphatic carboxylic acids is 1. The quantitative estimate of drug-likeness (QED) is 0.858. The average molecular weight is 250 g/mol. The Kier molecular flexibility index (Phi) is 2.05. The molecule has 0 aliphatic heterocycles. The molecule has 1 fully saturated rings. The summed E-state index contributed by atoms with van der Waals surface area (Å²) in [6.07, 6.45) is 1.42. The fourth-order valence-electron chi connectivity index (χ4n) is 2.62. The standard InChI is InChI=1S/C13H12ClNO2/c1-7-10(13(5-6-13)12(16)17)8-3-2-4-9(14)11(8)15-7/h2-4,15H,5-6H2,1H3,(H,16,17). The molecule has 0 bridgehead atoms. The molecule has 1 aromatic heterocycles. The molecule has 0 unspecified atom stereocenters. The summed E-state index contributed by atoms with van der Waals surface area (Å²) in [5.74, 6) is -0.735. The van der Waals surface area contributed by atoms with Gasteiger partial charge in [-0.1, -0.05) is 23.7 Å². The number of para-hydroxylation sites is 1. The predicted molar refractivity (Wildman–Crippen MR) is 66.6 cm³/mol. The lowest BCUT2D eigenvalue weighted by molar-refractivity contribution is -0.140. The Morgan fingerprint density at radius 2 is 2.18 bits per heavy atom. The molecule has 4 heteroatoms. The zero-order valence-corrected chi connectivity index (χ0v) is 10.1. The van der Waals surface area contributed by atoms with Crippen molar-refractivity contribution >= 4 is 28.5 Å². The molecule has 3 nitrogen and oxygen atoms in total. The van der Waals surface area contributed by atoms with Crippen LogP contribution in [0.25, 0.3) is 10.9 Å². The summed E-state index contributed by atoms with van der Waals surface area (Å²) in [4.78, 5) is 14.6. The normalized spacial score (nSPS) is 17.3. The van der Waals surface area contributed by atoms with Crippen LogP contribution in [0.5, 0.6) is 0 Å². The van der Waals surface area contributed by atoms with Gasteiger partial charge >= 0.3 is 5.97 Å². The van der Waals surface area contributed by atoms with Crippen LogP contribution in [0.15, 0.2) is 18.2 Å². The van der Waals surface area contributed by atoms with Crippen LogP contribution in [0.1, 0.15) is 24.1 Å². The van der Waals surface area contributed by atoms with E-state index in [2.05, 4.69) is 4.98 Å². The molecule has 0 spiro atoms. The fraction of sp³-hybridized carbons (Fsp3) is 0.308. The molecule has 1 aliphatic rings. The van der Waals surface area contributed by atoms with Crippen LogP contribution in [0.4, 0.5) is 0 Å². The van der Waals surface area contributed by atoms with E-state index in [1.165, 1.54) is 0 Å². The maximum Gasteiger partial charge on any atom is 0.314 e. The van der Waals surface area contributed by atoms with Gasteiger partial charge in [0, 0.05) is 11.1 Å². The molecule has 88 valence electrons. The molecule has 3 rings (SSSR count). The minimum atomic E-state index is -0.735. The Bertz CT molecular complexity index is 626. The lowest BCUT2D eigenvalue weighted by Gasteiger charge is -2.10. The minimum absolute atomic E-state index is 0.637. The van der Waals surface area contributed by atoms with E-state index in [1.807, 2.05) is 25.1 Å². The Hall–Kier alpha value is -1.48. The number of hydrogen-bond acceptors (Lipinski definition) is 1. The van der Waals surface area contributed by atoms with Crippen LogP contribution < -0.4 is 0 Å². The molecule has 0 atom stereocenters. The molecule has 1 saturated carbocycles. The summed E-state index contributed by atoms with van der Waals surface area (Å²) in [5.41, 5.74) is 1.97. The number of carboxylic acid groups (broad SMARTS) is 1. The number of nitrogens with one attached hydrogen (secondary N) is 1. The van der Waals surface area contributed by atoms with Gasteiger partial charge in [0.1, 0.15) is 0 Å². The lowest BCUT2D eigenvalue weighted by Crippen LogP contribution is -2.20. The Labute approximate surface area is 103 Å². The van der Waals surface area contributed by atoms with Crippen molar-refractivity contribution in [2.75, 3.05) is 0 Å². The molecule has 17 heavy (non-hydrogen) atoms. The molecular formula is C13H12ClNO2. The minimum Gasteiger partial charge on any atom is -0.481 e. The van der Waals surface area contributed by atoms with Crippen LogP contribution in [-0.2, 0) is 10.2 Å². The van der Waals surface area contributed by atoms with Crippen LogP contribution in [0.3, 0.4) is 0 Å². The molecule has 1 heterocycles. The third-order valence-corrected chi connectivity index (χ3v) is 3.92. The number of aromatic amines is 1. The van der Waals surface area contributed by atoms with Crippen molar-refractivity contribution in [1.82, 2.24) is 4.98 Å². The smallest absolute Gasteiger partial charge is 0.314 e. The largest absolute Gasteiger partial charge is 0.481 e. The SMILES string of the molecule is Cc1[nH]c2c(Cl)cccc2c1C1(C(=O)O)CC1. The number of fused-ring (bicyclic) bond motifs is 1. The highest BCUT2D eigenvalue weighted by molar-refractivity contribution is 6.35. The molecule has 2 aromatic rings. The Morgan fingerprint density at radius 3 is 2.76 bits per heavy atom. The first-order valence-electron chi connectivity index (χ1n) is 5.57. The van der Waals surface area contributed by atoms with Crippen LogP contribution in [-0.4, -0.2) is 16.1 Å². The first kappa shape index (κ1) is 10.7. The Morgan fingerprint density at radius 1 is 1.47 bits per heavy atom. The van der Waals surface area contributed by atoms with Gasteiger partial charge in [0.15, 0.2) is 0 Å². The van der Waals surface area contributed by atoms with Gasteiger partial charge in [-0.05, 0) is 31.4 Å². The van der Waals surface area contributed by atoms with E-state index in [0.29, 0.717) is 17.9 Å². The van der Waals surface area contributed by atoms with Gasteiger partial charge in [-0.3, -0.25) is 4.79 Å². The second-order valence-corrected chi connectivity index (χ2v) is 5.08. The van der Waals surface area contributed by atoms with Crippen molar-refractivity contribution in [2.24, 2.45) is 0 Å². The zero-order chi connectivity index (χ0) is 12.2. The molecule has 1 aromatic carbocycles. The van der Waals surface area contributed by atoms with Crippen LogP contribution >= 0.6 is 11.6 Å². The first-order valence-corrected chi connectivity index (χ1v) is 5.95. The van der Waals surface area contributed by atoms with E-state index < -0.39 is 11.4 Å². The molecule has 1 aliphatic carbocycles. The summed E-state index contributed by atoms with van der Waals surface area (Å²) >= 11 is 6.11. The van der Waals surface area contributed by atoms with E-state index in [-0.39, 0.29) is 0 Å². The highest BCUT2D eigenvalue weighted by Crippen LogP contribution is 2.52. The topological polar surface area (TPSA) is 53.1 Å². The van der Waals surface area contributed by atoms with E-state index in [4.69, 9.17) is 11.6 Å². The van der Waals surface area contributed by atoms with Crippen LogP contribution in [0, 0.1) is 6.92 Å². The molecule has 0 saturated heterocycles. The van der Waals surface area contributed by atoms with Gasteiger partial charge in [-0.15, -0.1) is 0 Å². The predicted octanol–water partition coefficient (Wildman–Crippen LogP) is 3.25. The van der Waals surface area contributed by atoms with Gasteiger partial charge in [0.25, 0.3) is 0 Å². The molecular weight excluding hydrogens is 238 g/mol. The number of hydrogen-bond donors (Lipinski definition) is 2. The maximum atomic E-state index is 11.4. The van der Waals surface area contributed by atoms with Gasteiger partial charge in [-0.2, -0.15) is 0 Å². The van der Waals surface area contributed by atoms with Gasteiger partial charge in [0.05, 0.1) is 16.0 Å². The van der Waals surface area contributed by atoms with Crippen LogP contribution in [0.2, 0.25) is 5.02 Å². The first-order chi connectivity index (χ1) is 8.06. The second kappa shape index (κ2) is 3.26. The van der Waals surface area contributed by atoms with Gasteiger partial charge < -0.3 is 10.1 Å². The lowest BCUT2D eigenvalue weighted by atomic mass is 9.93. The Balaban J connectivity index is 2.34. The number of rotatable bonds is 2. The number of H-pyrrole nitrogens is 1. The van der Waals surface area contributed by atoms with Crippen molar-refractivity contribution in [1.29, 1.82) is 0 Å². The summed E-state index contributed by atoms with van der Waals surface area (Å²) in [7, 11) is 0. The second-order valence-electron chi connectivity index (χ2n) is 4.67. The van der Waals surface area contributed by atoms with Crippen molar-refractivity contribution in [2.45, 2.75) is 25.2 Å². The number of aryl methyl sites for hydroxylation is 1. The van der Waals surface area contributed by atoms with E-state index in [0.717, 1.165) is 22.2 Å². The third kappa shape index (κ3) is 1.32. The van der Waals surface area contributed by atoms with Crippen molar-refractivity contribution in [3.63, 3.8) is 0 Å². The zero-order valence-electron chi connectivity index (χ0n) is 9.38. The highest BCUT2D eigenvalue weighted by atomic mass is 35.5. The van der Waals surface area contributed by atoms with E-state index in [9.17, 15) is 9.90 Å². The van der Waals surface area contributed by atoms with E-state index in [1.54, 1.807) is 0 Å². The molecule has 0 amide bonds. The number of carboxylic acids is 1. The number of benzene rings is 1. The molecule has 0 radical (unpaired) electrons. The fourth-order valence-corrected chi connectivity index (χ4v) is 2.85. The van der Waals surface area contributed by atoms with Gasteiger partial charge in [-0.25, -0.2) is 0 Å². The van der Waals surface area contributed by atoms with Crippen molar-refractivity contribution in [3.8, 4) is 0 Å². The number of halogens is 1. The van der Waals surface area contributed by atoms with E-state index >= 15 is 0 Å². The molecule has 2 N–H and O–H groups in total. The summed E-state index contributed by atoms with van der Waals surface area (Å²) < 4.78 is 0. The summed E-state index contributed by atoms with van der Waals surface area (Å²) in [5, 5.41) is 11.0. The van der Waals surface area contributed by atoms with Gasteiger partial charge in [0.2, 0.25) is 0 Å². The third-order valence-electron chi connectivity index (χ3n) is 3.61. The van der Waals surface area contributed by atoms with Crippen molar-refractivity contribution in [3.05, 3.63) is 34.5 Å². The number of aromatic nitrogens is 1. The average Bonchev–Trinajstić information content (AvgIpc) is 2.99.